The van der Waals surface area contributed by atoms with Crippen LogP contribution in [0.2, 0.25) is 0 Å². The van der Waals surface area contributed by atoms with E-state index in [0.717, 1.165) is 18.4 Å². The molecule has 1 aromatic heterocycles. The predicted molar refractivity (Wildman–Crippen MR) is 118 cm³/mol. The summed E-state index contributed by atoms with van der Waals surface area (Å²) in [7, 11) is 0. The van der Waals surface area contributed by atoms with Crippen LogP contribution in [-0.4, -0.2) is 4.98 Å². The summed E-state index contributed by atoms with van der Waals surface area (Å²) >= 11 is 0. The van der Waals surface area contributed by atoms with Crippen molar-refractivity contribution >= 4 is 17.0 Å². The topological polar surface area (TPSA) is 12.9 Å². The van der Waals surface area contributed by atoms with E-state index in [1.54, 1.807) is 0 Å². The van der Waals surface area contributed by atoms with Crippen molar-refractivity contribution in [2.24, 2.45) is 17.3 Å². The van der Waals surface area contributed by atoms with Gasteiger partial charge in [0.1, 0.15) is 0 Å². The number of hydrogen-bond donors (Lipinski definition) is 0. The quantitative estimate of drug-likeness (QED) is 0.491. The molecule has 0 amide bonds. The Hall–Kier alpha value is -2.41. The molecule has 1 aliphatic carbocycles. The summed E-state index contributed by atoms with van der Waals surface area (Å²) in [6.45, 7) is 17.2. The Morgan fingerprint density at radius 3 is 2.85 bits per heavy atom. The van der Waals surface area contributed by atoms with Gasteiger partial charge in [-0.05, 0) is 73.6 Å². The smallest absolute Gasteiger partial charge is 0.0702 e. The van der Waals surface area contributed by atoms with Crippen molar-refractivity contribution in [3.8, 4) is 0 Å². The van der Waals surface area contributed by atoms with Crippen molar-refractivity contribution < 1.29 is 0 Å². The molecule has 1 fully saturated rings. The lowest BCUT2D eigenvalue weighted by Gasteiger charge is -2.43. The first-order chi connectivity index (χ1) is 12.9. The van der Waals surface area contributed by atoms with Gasteiger partial charge in [0.15, 0.2) is 0 Å². The Morgan fingerprint density at radius 1 is 1.30 bits per heavy atom. The fourth-order valence-electron chi connectivity index (χ4n) is 4.42. The van der Waals surface area contributed by atoms with Gasteiger partial charge in [0.05, 0.1) is 5.52 Å². The van der Waals surface area contributed by atoms with E-state index in [1.807, 2.05) is 12.3 Å². The lowest BCUT2D eigenvalue weighted by atomic mass is 9.61. The average Bonchev–Trinajstić information content (AvgIpc) is 2.67. The van der Waals surface area contributed by atoms with E-state index in [0.29, 0.717) is 11.8 Å². The number of rotatable bonds is 6. The maximum absolute atomic E-state index is 4.41. The highest BCUT2D eigenvalue weighted by molar-refractivity contribution is 5.81. The molecule has 1 aromatic carbocycles. The third kappa shape index (κ3) is 4.30. The van der Waals surface area contributed by atoms with Crippen LogP contribution in [0.3, 0.4) is 0 Å². The standard InChI is InChI=1S/C26H31N/c1-6-26(5)15-14-22(18-24(26)19(2)3)20(4)9-7-10-21-12-13-25-23(17-21)11-8-16-27-25/h6-8,10-13,16-17,22,24H,1-2,4,9,14-15,18H2,3,5H3/b10-7+/t22-,24+,26-/m1/s1. The van der Waals surface area contributed by atoms with Crippen molar-refractivity contribution in [2.45, 2.75) is 39.5 Å². The van der Waals surface area contributed by atoms with E-state index in [9.17, 15) is 0 Å². The minimum absolute atomic E-state index is 0.178. The van der Waals surface area contributed by atoms with E-state index >= 15 is 0 Å². The molecule has 1 saturated carbocycles. The SMILES string of the molecule is C=C[C@]1(C)CC[C@@H](C(=C)C/C=C/c2ccc3ncccc3c2)C[C@H]1C(=C)C. The van der Waals surface area contributed by atoms with Gasteiger partial charge in [-0.3, -0.25) is 4.98 Å². The van der Waals surface area contributed by atoms with Gasteiger partial charge in [0, 0.05) is 11.6 Å². The summed E-state index contributed by atoms with van der Waals surface area (Å²) in [4.78, 5) is 4.38. The lowest BCUT2D eigenvalue weighted by Crippen LogP contribution is -2.33. The van der Waals surface area contributed by atoms with Crippen molar-refractivity contribution in [2.75, 3.05) is 0 Å². The molecule has 0 saturated heterocycles. The van der Waals surface area contributed by atoms with E-state index in [-0.39, 0.29) is 5.41 Å². The summed E-state index contributed by atoms with van der Waals surface area (Å²) in [5.41, 5.74) is 5.04. The van der Waals surface area contributed by atoms with Gasteiger partial charge < -0.3 is 0 Å². The molecule has 27 heavy (non-hydrogen) atoms. The van der Waals surface area contributed by atoms with E-state index < -0.39 is 0 Å². The first-order valence-corrected chi connectivity index (χ1v) is 9.91. The van der Waals surface area contributed by atoms with E-state index in [1.165, 1.54) is 34.9 Å². The van der Waals surface area contributed by atoms with Crippen LogP contribution in [0, 0.1) is 17.3 Å². The van der Waals surface area contributed by atoms with E-state index in [4.69, 9.17) is 0 Å². The molecule has 0 unspecified atom stereocenters. The Labute approximate surface area is 164 Å². The molecule has 0 bridgehead atoms. The zero-order chi connectivity index (χ0) is 19.4. The molecule has 1 heterocycles. The highest BCUT2D eigenvalue weighted by atomic mass is 14.6. The third-order valence-electron chi connectivity index (χ3n) is 6.30. The zero-order valence-corrected chi connectivity index (χ0v) is 16.7. The molecule has 0 spiro atoms. The fourth-order valence-corrected chi connectivity index (χ4v) is 4.42. The molecule has 140 valence electrons. The Morgan fingerprint density at radius 2 is 2.11 bits per heavy atom. The molecule has 1 nitrogen and oxygen atoms in total. The van der Waals surface area contributed by atoms with Gasteiger partial charge in [-0.25, -0.2) is 0 Å². The van der Waals surface area contributed by atoms with Gasteiger partial charge in [-0.1, -0.05) is 61.6 Å². The second kappa shape index (κ2) is 8.08. The number of benzene rings is 1. The molecule has 0 aliphatic heterocycles. The number of hydrogen-bond acceptors (Lipinski definition) is 1. The van der Waals surface area contributed by atoms with Gasteiger partial charge in [0.25, 0.3) is 0 Å². The summed E-state index contributed by atoms with van der Waals surface area (Å²) in [5, 5.41) is 1.18. The molecule has 1 aliphatic rings. The molecule has 2 aromatic rings. The Kier molecular flexibility index (Phi) is 5.79. The van der Waals surface area contributed by atoms with Crippen LogP contribution in [0.4, 0.5) is 0 Å². The number of fused-ring (bicyclic) bond motifs is 1. The summed E-state index contributed by atoms with van der Waals surface area (Å²) in [5.74, 6) is 1.08. The largest absolute Gasteiger partial charge is 0.256 e. The van der Waals surface area contributed by atoms with Crippen LogP contribution in [0.25, 0.3) is 17.0 Å². The van der Waals surface area contributed by atoms with Crippen molar-refractivity contribution in [3.63, 3.8) is 0 Å². The third-order valence-corrected chi connectivity index (χ3v) is 6.30. The monoisotopic (exact) mass is 357 g/mol. The normalized spacial score (nSPS) is 25.6. The highest BCUT2D eigenvalue weighted by Gasteiger charge is 2.38. The molecule has 0 radical (unpaired) electrons. The Bertz CT molecular complexity index is 888. The summed E-state index contributed by atoms with van der Waals surface area (Å²) < 4.78 is 0. The van der Waals surface area contributed by atoms with Crippen LogP contribution < -0.4 is 0 Å². The lowest BCUT2D eigenvalue weighted by molar-refractivity contribution is 0.169. The van der Waals surface area contributed by atoms with Crippen LogP contribution in [0.15, 0.2) is 79.6 Å². The molecule has 3 atom stereocenters. The minimum atomic E-state index is 0.178. The molecular weight excluding hydrogens is 326 g/mol. The van der Waals surface area contributed by atoms with Crippen LogP contribution in [0.1, 0.15) is 45.1 Å². The molecule has 1 heteroatoms. The minimum Gasteiger partial charge on any atom is -0.256 e. The fraction of sp³-hybridized carbons (Fsp3) is 0.346. The number of nitrogens with zero attached hydrogens (tertiary/aromatic N) is 1. The van der Waals surface area contributed by atoms with Gasteiger partial charge >= 0.3 is 0 Å². The second-order valence-corrected chi connectivity index (χ2v) is 8.30. The second-order valence-electron chi connectivity index (χ2n) is 8.30. The van der Waals surface area contributed by atoms with Gasteiger partial charge in [0.2, 0.25) is 0 Å². The van der Waals surface area contributed by atoms with Gasteiger partial charge in [-0.2, -0.15) is 0 Å². The summed E-state index contributed by atoms with van der Waals surface area (Å²) in [6, 6.07) is 10.5. The number of aromatic nitrogens is 1. The number of pyridine rings is 1. The summed E-state index contributed by atoms with van der Waals surface area (Å²) in [6.07, 6.45) is 12.9. The molecule has 3 rings (SSSR count). The first-order valence-electron chi connectivity index (χ1n) is 9.91. The number of allylic oxidation sites excluding steroid dienone is 4. The van der Waals surface area contributed by atoms with Gasteiger partial charge in [-0.15, -0.1) is 6.58 Å². The van der Waals surface area contributed by atoms with Crippen LogP contribution >= 0.6 is 0 Å². The zero-order valence-electron chi connectivity index (χ0n) is 16.7. The average molecular weight is 358 g/mol. The first kappa shape index (κ1) is 19.4. The highest BCUT2D eigenvalue weighted by Crippen LogP contribution is 2.49. The molecular formula is C26H31N. The molecule has 0 N–H and O–H groups in total. The maximum Gasteiger partial charge on any atom is 0.0702 e. The van der Waals surface area contributed by atoms with Crippen molar-refractivity contribution in [3.05, 3.63) is 85.1 Å². The van der Waals surface area contributed by atoms with Crippen molar-refractivity contribution in [1.29, 1.82) is 0 Å². The maximum atomic E-state index is 4.41. The van der Waals surface area contributed by atoms with Crippen LogP contribution in [-0.2, 0) is 0 Å². The predicted octanol–water partition coefficient (Wildman–Crippen LogP) is 7.38. The Balaban J connectivity index is 1.63. The van der Waals surface area contributed by atoms with Crippen molar-refractivity contribution in [1.82, 2.24) is 4.98 Å². The van der Waals surface area contributed by atoms with Crippen LogP contribution in [0.5, 0.6) is 0 Å². The van der Waals surface area contributed by atoms with E-state index in [2.05, 4.69) is 81.1 Å².